The van der Waals surface area contributed by atoms with Gasteiger partial charge in [-0.15, -0.1) is 0 Å². The fraction of sp³-hybridized carbons (Fsp3) is 0.429. The maximum absolute atomic E-state index is 15.9. The first-order chi connectivity index (χ1) is 17.5. The molecule has 0 radical (unpaired) electrons. The molecule has 2 aliphatic rings. The number of hydrogen-bond acceptors (Lipinski definition) is 6. The number of aryl methyl sites for hydroxylation is 1. The average Bonchev–Trinajstić information content (AvgIpc) is 3.56. The number of halogens is 1. The zero-order valence-electron chi connectivity index (χ0n) is 21.3. The highest BCUT2D eigenvalue weighted by atomic mass is 19.1. The standard InChI is InChI=1S/C28H31FN4O4/c1-14-8-9-30-12-18(14)17-10-15-11-21(32-26(35)23-16-6-5-7-20(34)22(16)23)31-13-19(15)25(24(17)29)33-27(36)37-28(2,3)4/h8-13,16,20,22-23,34H,5-7H2,1-4H3,(H,33,36)(H,31,32,35). The van der Waals surface area contributed by atoms with E-state index < -0.39 is 23.6 Å². The molecule has 0 aliphatic heterocycles. The fourth-order valence-corrected chi connectivity index (χ4v) is 5.44. The van der Waals surface area contributed by atoms with Gasteiger partial charge >= 0.3 is 6.09 Å². The van der Waals surface area contributed by atoms with Crippen molar-refractivity contribution >= 4 is 34.3 Å². The summed E-state index contributed by atoms with van der Waals surface area (Å²) in [5.74, 6) is -0.485. The lowest BCUT2D eigenvalue weighted by Crippen LogP contribution is -2.27. The van der Waals surface area contributed by atoms with Crippen LogP contribution in [0.1, 0.15) is 45.6 Å². The number of nitrogens with zero attached hydrogens (tertiary/aromatic N) is 2. The van der Waals surface area contributed by atoms with Crippen molar-refractivity contribution in [2.75, 3.05) is 10.6 Å². The lowest BCUT2D eigenvalue weighted by atomic mass is 9.98. The van der Waals surface area contributed by atoms with Crippen LogP contribution in [0.25, 0.3) is 21.9 Å². The highest BCUT2D eigenvalue weighted by Gasteiger charge is 2.58. The van der Waals surface area contributed by atoms with Crippen LogP contribution in [-0.2, 0) is 9.53 Å². The molecule has 0 saturated heterocycles. The number of aliphatic hydroxyl groups excluding tert-OH is 1. The quantitative estimate of drug-likeness (QED) is 0.434. The maximum Gasteiger partial charge on any atom is 0.412 e. The second-order valence-electron chi connectivity index (χ2n) is 11.0. The Balaban J connectivity index is 1.52. The molecule has 5 rings (SSSR count). The predicted molar refractivity (Wildman–Crippen MR) is 138 cm³/mol. The van der Waals surface area contributed by atoms with Crippen molar-refractivity contribution in [2.24, 2.45) is 17.8 Å². The second kappa shape index (κ2) is 9.37. The third-order valence-corrected chi connectivity index (χ3v) is 7.18. The second-order valence-corrected chi connectivity index (χ2v) is 11.0. The van der Waals surface area contributed by atoms with Crippen molar-refractivity contribution < 1.29 is 23.8 Å². The molecule has 2 fully saturated rings. The molecule has 2 amide bonds. The minimum Gasteiger partial charge on any atom is -0.444 e. The Kier molecular flexibility index (Phi) is 6.35. The summed E-state index contributed by atoms with van der Waals surface area (Å²) < 4.78 is 21.2. The van der Waals surface area contributed by atoms with Crippen LogP contribution >= 0.6 is 0 Å². The number of benzene rings is 1. The maximum atomic E-state index is 15.9. The number of pyridine rings is 2. The summed E-state index contributed by atoms with van der Waals surface area (Å²) in [6.45, 7) is 7.02. The Morgan fingerprint density at radius 3 is 2.62 bits per heavy atom. The molecule has 2 aromatic heterocycles. The van der Waals surface area contributed by atoms with Crippen molar-refractivity contribution in [3.8, 4) is 11.1 Å². The highest BCUT2D eigenvalue weighted by molar-refractivity contribution is 6.04. The zero-order valence-corrected chi connectivity index (χ0v) is 21.3. The topological polar surface area (TPSA) is 113 Å². The number of amides is 2. The molecule has 2 aliphatic carbocycles. The van der Waals surface area contributed by atoms with Crippen LogP contribution in [-0.4, -0.2) is 38.8 Å². The number of ether oxygens (including phenoxy) is 1. The molecule has 4 unspecified atom stereocenters. The van der Waals surface area contributed by atoms with E-state index in [4.69, 9.17) is 4.74 Å². The van der Waals surface area contributed by atoms with E-state index in [-0.39, 0.29) is 34.9 Å². The molecule has 4 atom stereocenters. The third kappa shape index (κ3) is 5.00. The monoisotopic (exact) mass is 506 g/mol. The molecular weight excluding hydrogens is 475 g/mol. The van der Waals surface area contributed by atoms with Gasteiger partial charge in [-0.25, -0.2) is 14.2 Å². The lowest BCUT2D eigenvalue weighted by Gasteiger charge is -2.21. The normalized spacial score (nSPS) is 22.8. The molecule has 0 bridgehead atoms. The molecule has 2 heterocycles. The van der Waals surface area contributed by atoms with Gasteiger partial charge in [0, 0.05) is 46.9 Å². The summed E-state index contributed by atoms with van der Waals surface area (Å²) in [7, 11) is 0. The van der Waals surface area contributed by atoms with Gasteiger partial charge in [-0.2, -0.15) is 0 Å². The van der Waals surface area contributed by atoms with Crippen LogP contribution in [0.2, 0.25) is 0 Å². The molecule has 1 aromatic carbocycles. The molecule has 3 N–H and O–H groups in total. The number of carbonyl (C=O) groups excluding carboxylic acids is 2. The number of fused-ring (bicyclic) bond motifs is 2. The summed E-state index contributed by atoms with van der Waals surface area (Å²) in [6, 6.07) is 5.10. The molecule has 2 saturated carbocycles. The van der Waals surface area contributed by atoms with Crippen molar-refractivity contribution in [3.63, 3.8) is 0 Å². The molecule has 3 aromatic rings. The van der Waals surface area contributed by atoms with E-state index in [0.29, 0.717) is 22.2 Å². The first-order valence-corrected chi connectivity index (χ1v) is 12.6. The van der Waals surface area contributed by atoms with Crippen molar-refractivity contribution in [3.05, 3.63) is 48.2 Å². The Labute approximate surface area is 214 Å². The smallest absolute Gasteiger partial charge is 0.412 e. The zero-order chi connectivity index (χ0) is 26.5. The van der Waals surface area contributed by atoms with Crippen LogP contribution in [0.5, 0.6) is 0 Å². The van der Waals surface area contributed by atoms with Gasteiger partial charge in [0.05, 0.1) is 11.8 Å². The Bertz CT molecular complexity index is 1390. The van der Waals surface area contributed by atoms with Crippen LogP contribution in [0.15, 0.2) is 36.8 Å². The lowest BCUT2D eigenvalue weighted by molar-refractivity contribution is -0.118. The Morgan fingerprint density at radius 1 is 1.14 bits per heavy atom. The van der Waals surface area contributed by atoms with Gasteiger partial charge in [0.25, 0.3) is 0 Å². The van der Waals surface area contributed by atoms with Gasteiger partial charge in [0.15, 0.2) is 5.82 Å². The summed E-state index contributed by atoms with van der Waals surface area (Å²) in [5, 5.41) is 16.6. The molecule has 0 spiro atoms. The van der Waals surface area contributed by atoms with Gasteiger partial charge < -0.3 is 15.2 Å². The summed E-state index contributed by atoms with van der Waals surface area (Å²) >= 11 is 0. The number of nitrogens with one attached hydrogen (secondary N) is 2. The Hall–Kier alpha value is -3.59. The van der Waals surface area contributed by atoms with E-state index in [1.54, 1.807) is 51.4 Å². The minimum atomic E-state index is -0.792. The van der Waals surface area contributed by atoms with E-state index >= 15 is 4.39 Å². The largest absolute Gasteiger partial charge is 0.444 e. The van der Waals surface area contributed by atoms with Crippen LogP contribution in [0, 0.1) is 30.5 Å². The first-order valence-electron chi connectivity index (χ1n) is 12.6. The number of aliphatic hydroxyl groups is 1. The summed E-state index contributed by atoms with van der Waals surface area (Å²) in [5.41, 5.74) is 0.814. The highest BCUT2D eigenvalue weighted by Crippen LogP contribution is 2.55. The van der Waals surface area contributed by atoms with E-state index in [2.05, 4.69) is 20.6 Å². The summed E-state index contributed by atoms with van der Waals surface area (Å²) in [4.78, 5) is 34.0. The van der Waals surface area contributed by atoms with Gasteiger partial charge in [0.2, 0.25) is 5.91 Å². The average molecular weight is 507 g/mol. The van der Waals surface area contributed by atoms with Crippen molar-refractivity contribution in [1.82, 2.24) is 9.97 Å². The van der Waals surface area contributed by atoms with E-state index in [1.165, 1.54) is 6.20 Å². The SMILES string of the molecule is Cc1ccncc1-c1cc2cc(NC(=O)C3C4CCCC(O)C43)ncc2c(NC(=O)OC(C)(C)C)c1F. The molecule has 194 valence electrons. The van der Waals surface area contributed by atoms with E-state index in [1.807, 2.05) is 6.92 Å². The molecule has 9 heteroatoms. The number of rotatable bonds is 4. The van der Waals surface area contributed by atoms with Crippen LogP contribution < -0.4 is 10.6 Å². The Morgan fingerprint density at radius 2 is 1.92 bits per heavy atom. The van der Waals surface area contributed by atoms with E-state index in [9.17, 15) is 14.7 Å². The number of aromatic nitrogens is 2. The first kappa shape index (κ1) is 25.1. The van der Waals surface area contributed by atoms with Gasteiger partial charge in [-0.05, 0) is 75.6 Å². The van der Waals surface area contributed by atoms with Gasteiger partial charge in [-0.3, -0.25) is 15.1 Å². The van der Waals surface area contributed by atoms with Crippen molar-refractivity contribution in [1.29, 1.82) is 0 Å². The number of hydrogen-bond donors (Lipinski definition) is 3. The van der Waals surface area contributed by atoms with Crippen molar-refractivity contribution in [2.45, 2.75) is 58.7 Å². The van der Waals surface area contributed by atoms with Gasteiger partial charge in [0.1, 0.15) is 11.4 Å². The van der Waals surface area contributed by atoms with Gasteiger partial charge in [-0.1, -0.05) is 6.42 Å². The molecule has 8 nitrogen and oxygen atoms in total. The predicted octanol–water partition coefficient (Wildman–Crippen LogP) is 5.44. The fourth-order valence-electron chi connectivity index (χ4n) is 5.44. The number of carbonyl (C=O) groups is 2. The molecular formula is C28H31FN4O4. The molecule has 37 heavy (non-hydrogen) atoms. The van der Waals surface area contributed by atoms with Crippen LogP contribution in [0.3, 0.4) is 0 Å². The summed E-state index contributed by atoms with van der Waals surface area (Å²) in [6.07, 6.45) is 5.99. The third-order valence-electron chi connectivity index (χ3n) is 7.18. The van der Waals surface area contributed by atoms with E-state index in [0.717, 1.165) is 24.8 Å². The number of anilines is 2. The minimum absolute atomic E-state index is 0.00749. The van der Waals surface area contributed by atoms with Crippen LogP contribution in [0.4, 0.5) is 20.7 Å².